The number of epoxide rings is 2. The maximum atomic E-state index is 10.7. The van der Waals surface area contributed by atoms with Gasteiger partial charge in [0.15, 0.2) is 0 Å². The lowest BCUT2D eigenvalue weighted by Gasteiger charge is -2.16. The molecule has 268 valence electrons. The van der Waals surface area contributed by atoms with Crippen molar-refractivity contribution in [2.24, 2.45) is 0 Å². The Kier molecular flexibility index (Phi) is 10.1. The van der Waals surface area contributed by atoms with Crippen LogP contribution in [-0.2, 0) is 9.47 Å². The van der Waals surface area contributed by atoms with Crippen LogP contribution in [0.15, 0.2) is 109 Å². The van der Waals surface area contributed by atoms with E-state index in [4.69, 9.17) is 37.9 Å². The van der Waals surface area contributed by atoms with E-state index in [0.29, 0.717) is 36.2 Å². The highest BCUT2D eigenvalue weighted by Crippen LogP contribution is 2.30. The fourth-order valence-electron chi connectivity index (χ4n) is 5.78. The van der Waals surface area contributed by atoms with Gasteiger partial charge in [0.2, 0.25) is 0 Å². The van der Waals surface area contributed by atoms with Gasteiger partial charge in [-0.3, -0.25) is 0 Å². The highest BCUT2D eigenvalue weighted by molar-refractivity contribution is 5.89. The first-order valence-electron chi connectivity index (χ1n) is 17.5. The number of fused-ring (bicyclic) bond motifs is 3. The quantitative estimate of drug-likeness (QED) is 0.0982. The molecule has 0 spiro atoms. The van der Waals surface area contributed by atoms with Crippen molar-refractivity contribution in [2.45, 2.75) is 24.4 Å². The molecule has 52 heavy (non-hydrogen) atoms. The molecule has 2 fully saturated rings. The highest BCUT2D eigenvalue weighted by Gasteiger charge is 2.24. The van der Waals surface area contributed by atoms with Crippen molar-refractivity contribution in [3.8, 4) is 34.5 Å². The van der Waals surface area contributed by atoms with Gasteiger partial charge in [0, 0.05) is 5.39 Å². The van der Waals surface area contributed by atoms with Crippen LogP contribution in [0.5, 0.6) is 34.5 Å². The van der Waals surface area contributed by atoms with Crippen molar-refractivity contribution in [1.29, 1.82) is 0 Å². The van der Waals surface area contributed by atoms with Gasteiger partial charge in [-0.2, -0.15) is 0 Å². The number of aliphatic hydroxyl groups excluding tert-OH is 2. The minimum Gasteiger partial charge on any atom is -0.491 e. The summed E-state index contributed by atoms with van der Waals surface area (Å²) in [4.78, 5) is 0. The number of hydrogen-bond donors (Lipinski definition) is 2. The standard InChI is InChI=1S/C42H40O10/c43-32(19-45-34-8-4-27-6-10-36(17-30(27)15-34)48-23-39-25-50-39)20-47-38-12-13-41-29(14-38)2-1-3-42(41)52-22-33(44)21-46-35-9-5-28-7-11-37(18-31(28)16-35)49-24-40-26-51-40/h1-18,32-33,39-40,43-44H,19-26H2. The second-order valence-electron chi connectivity index (χ2n) is 13.1. The van der Waals surface area contributed by atoms with Crippen LogP contribution in [0.2, 0.25) is 0 Å². The van der Waals surface area contributed by atoms with Gasteiger partial charge in [0.05, 0.1) is 13.2 Å². The molecule has 10 nitrogen and oxygen atoms in total. The van der Waals surface area contributed by atoms with Crippen LogP contribution in [0.25, 0.3) is 32.3 Å². The summed E-state index contributed by atoms with van der Waals surface area (Å²) in [5, 5.41) is 27.2. The zero-order valence-electron chi connectivity index (χ0n) is 28.5. The predicted molar refractivity (Wildman–Crippen MR) is 196 cm³/mol. The number of aliphatic hydroxyl groups is 2. The molecule has 2 heterocycles. The summed E-state index contributed by atoms with van der Waals surface area (Å²) >= 11 is 0. The molecule has 2 N–H and O–H groups in total. The van der Waals surface area contributed by atoms with E-state index < -0.39 is 12.2 Å². The first-order valence-corrected chi connectivity index (χ1v) is 17.5. The second kappa shape index (κ2) is 15.5. The van der Waals surface area contributed by atoms with Crippen molar-refractivity contribution < 1.29 is 48.1 Å². The van der Waals surface area contributed by atoms with Crippen LogP contribution >= 0.6 is 0 Å². The molecule has 2 saturated heterocycles. The minimum atomic E-state index is -0.848. The molecule has 8 rings (SSSR count). The van der Waals surface area contributed by atoms with E-state index in [1.807, 2.05) is 109 Å². The molecule has 0 saturated carbocycles. The van der Waals surface area contributed by atoms with Gasteiger partial charge in [-0.1, -0.05) is 36.4 Å². The zero-order valence-corrected chi connectivity index (χ0v) is 28.5. The summed E-state index contributed by atoms with van der Waals surface area (Å²) in [7, 11) is 0. The summed E-state index contributed by atoms with van der Waals surface area (Å²) in [6.45, 7) is 2.86. The minimum absolute atomic E-state index is 0.0559. The van der Waals surface area contributed by atoms with Crippen molar-refractivity contribution in [3.63, 3.8) is 0 Å². The Morgan fingerprint density at radius 2 is 0.865 bits per heavy atom. The Morgan fingerprint density at radius 3 is 1.33 bits per heavy atom. The molecule has 6 aromatic rings. The zero-order chi connectivity index (χ0) is 35.3. The molecule has 10 heteroatoms. The van der Waals surface area contributed by atoms with Gasteiger partial charge < -0.3 is 48.1 Å². The van der Waals surface area contributed by atoms with Crippen molar-refractivity contribution in [1.82, 2.24) is 0 Å². The van der Waals surface area contributed by atoms with Crippen LogP contribution < -0.4 is 28.4 Å². The molecule has 2 aliphatic rings. The third-order valence-electron chi connectivity index (χ3n) is 8.81. The molecular formula is C42H40O10. The summed E-state index contributed by atoms with van der Waals surface area (Å²) in [6, 6.07) is 34.8. The van der Waals surface area contributed by atoms with Crippen LogP contribution in [0.3, 0.4) is 0 Å². The van der Waals surface area contributed by atoms with Gasteiger partial charge in [0.1, 0.15) is 98.6 Å². The Bertz CT molecular complexity index is 2140. The van der Waals surface area contributed by atoms with Gasteiger partial charge in [-0.25, -0.2) is 0 Å². The third kappa shape index (κ3) is 8.96. The normalized spacial score (nSPS) is 17.4. The third-order valence-corrected chi connectivity index (χ3v) is 8.81. The maximum absolute atomic E-state index is 10.7. The number of hydrogen-bond acceptors (Lipinski definition) is 10. The monoisotopic (exact) mass is 704 g/mol. The summed E-state index contributed by atoms with van der Waals surface area (Å²) < 4.78 is 45.7. The first-order chi connectivity index (χ1) is 25.5. The van der Waals surface area contributed by atoms with Crippen LogP contribution in [0.4, 0.5) is 0 Å². The lowest BCUT2D eigenvalue weighted by atomic mass is 10.1. The van der Waals surface area contributed by atoms with E-state index >= 15 is 0 Å². The van der Waals surface area contributed by atoms with E-state index in [0.717, 1.165) is 57.0 Å². The molecule has 0 bridgehead atoms. The fourth-order valence-corrected chi connectivity index (χ4v) is 5.78. The molecular weight excluding hydrogens is 664 g/mol. The second-order valence-corrected chi connectivity index (χ2v) is 13.1. The van der Waals surface area contributed by atoms with E-state index in [9.17, 15) is 10.2 Å². The van der Waals surface area contributed by atoms with Crippen molar-refractivity contribution in [2.75, 3.05) is 52.9 Å². The average Bonchev–Trinajstić information content (AvgIpc) is 4.12. The van der Waals surface area contributed by atoms with Crippen LogP contribution in [-0.4, -0.2) is 87.5 Å². The Balaban J connectivity index is 0.799. The molecule has 0 aliphatic carbocycles. The molecule has 2 aliphatic heterocycles. The van der Waals surface area contributed by atoms with E-state index in [2.05, 4.69) is 0 Å². The smallest absolute Gasteiger partial charge is 0.127 e. The molecule has 4 unspecified atom stereocenters. The fraction of sp³-hybridized carbons (Fsp3) is 0.286. The Labute approximate surface area is 300 Å². The van der Waals surface area contributed by atoms with Gasteiger partial charge in [-0.05, 0) is 99.7 Å². The van der Waals surface area contributed by atoms with Gasteiger partial charge in [-0.15, -0.1) is 0 Å². The highest BCUT2D eigenvalue weighted by atomic mass is 16.6. The molecule has 6 aromatic carbocycles. The van der Waals surface area contributed by atoms with E-state index in [1.54, 1.807) is 0 Å². The van der Waals surface area contributed by atoms with Crippen molar-refractivity contribution in [3.05, 3.63) is 109 Å². The topological polar surface area (TPSA) is 121 Å². The maximum Gasteiger partial charge on any atom is 0.127 e. The number of ether oxygens (including phenoxy) is 8. The largest absolute Gasteiger partial charge is 0.491 e. The first kappa shape index (κ1) is 33.9. The molecule has 0 radical (unpaired) electrons. The number of benzene rings is 6. The summed E-state index contributed by atoms with van der Waals surface area (Å²) in [5.41, 5.74) is 0. The van der Waals surface area contributed by atoms with Gasteiger partial charge in [0.25, 0.3) is 0 Å². The summed E-state index contributed by atoms with van der Waals surface area (Å²) in [5.74, 6) is 4.11. The van der Waals surface area contributed by atoms with Gasteiger partial charge >= 0.3 is 0 Å². The lowest BCUT2D eigenvalue weighted by Crippen LogP contribution is -2.25. The molecule has 0 aromatic heterocycles. The van der Waals surface area contributed by atoms with Crippen LogP contribution in [0.1, 0.15) is 0 Å². The molecule has 0 amide bonds. The average molecular weight is 705 g/mol. The van der Waals surface area contributed by atoms with E-state index in [1.165, 1.54) is 0 Å². The lowest BCUT2D eigenvalue weighted by molar-refractivity contribution is 0.0626. The van der Waals surface area contributed by atoms with Crippen LogP contribution in [0, 0.1) is 0 Å². The Morgan fingerprint density at radius 1 is 0.462 bits per heavy atom. The SMILES string of the molecule is OC(COc1ccc2ccc(OCC3CO3)cc2c1)COc1ccc2c(OCC(O)COc3ccc4ccc(OCC5CO5)cc4c3)cccc2c1. The Hall–Kier alpha value is -5.26. The predicted octanol–water partition coefficient (Wildman–Crippen LogP) is 6.34. The van der Waals surface area contributed by atoms with E-state index in [-0.39, 0.29) is 38.6 Å². The number of rotatable bonds is 18. The van der Waals surface area contributed by atoms with Crippen molar-refractivity contribution >= 4 is 32.3 Å². The summed E-state index contributed by atoms with van der Waals surface area (Å²) in [6.07, 6.45) is -1.30. The molecule has 4 atom stereocenters.